The van der Waals surface area contributed by atoms with Gasteiger partial charge in [0.15, 0.2) is 0 Å². The van der Waals surface area contributed by atoms with Crippen molar-refractivity contribution in [1.82, 2.24) is 9.13 Å². The second kappa shape index (κ2) is 5.51. The van der Waals surface area contributed by atoms with E-state index in [1.807, 2.05) is 0 Å². The van der Waals surface area contributed by atoms with Gasteiger partial charge in [0.05, 0.1) is 0 Å². The first-order chi connectivity index (χ1) is 11.6. The van der Waals surface area contributed by atoms with Crippen LogP contribution in [-0.2, 0) is 6.54 Å². The SMILES string of the molecule is CC(C)c1cn(C2C3CC4CC(C3)CC2C4)c(=O)n1CC1CCC1. The molecule has 4 bridgehead atoms. The van der Waals surface area contributed by atoms with Crippen molar-refractivity contribution in [3.8, 4) is 0 Å². The Morgan fingerprint density at radius 2 is 1.67 bits per heavy atom. The highest BCUT2D eigenvalue weighted by atomic mass is 16.1. The van der Waals surface area contributed by atoms with Crippen LogP contribution >= 0.6 is 0 Å². The Balaban J connectivity index is 1.51. The summed E-state index contributed by atoms with van der Waals surface area (Å²) in [5.74, 6) is 4.68. The highest BCUT2D eigenvalue weighted by Crippen LogP contribution is 2.58. The Bertz CT molecular complexity index is 651. The summed E-state index contributed by atoms with van der Waals surface area (Å²) < 4.78 is 4.36. The average molecular weight is 329 g/mol. The first kappa shape index (κ1) is 15.3. The zero-order chi connectivity index (χ0) is 16.4. The van der Waals surface area contributed by atoms with E-state index in [2.05, 4.69) is 29.2 Å². The molecule has 5 fully saturated rings. The van der Waals surface area contributed by atoms with Crippen molar-refractivity contribution in [3.05, 3.63) is 22.4 Å². The molecule has 3 heteroatoms. The van der Waals surface area contributed by atoms with Gasteiger partial charge in [-0.05, 0) is 80.5 Å². The van der Waals surface area contributed by atoms with Crippen LogP contribution in [0.1, 0.15) is 82.9 Å². The van der Waals surface area contributed by atoms with Gasteiger partial charge in [-0.1, -0.05) is 20.3 Å². The van der Waals surface area contributed by atoms with E-state index in [0.717, 1.165) is 36.1 Å². The zero-order valence-corrected chi connectivity index (χ0v) is 15.3. The van der Waals surface area contributed by atoms with E-state index in [1.54, 1.807) is 0 Å². The maximum absolute atomic E-state index is 13.3. The molecular weight excluding hydrogens is 296 g/mol. The minimum absolute atomic E-state index is 0.308. The lowest BCUT2D eigenvalue weighted by atomic mass is 9.54. The van der Waals surface area contributed by atoms with Crippen LogP contribution in [0.4, 0.5) is 0 Å². The molecule has 5 aliphatic carbocycles. The molecule has 1 aromatic heterocycles. The summed E-state index contributed by atoms with van der Waals surface area (Å²) in [6.45, 7) is 5.45. The van der Waals surface area contributed by atoms with E-state index in [0.29, 0.717) is 17.6 Å². The first-order valence-corrected chi connectivity index (χ1v) is 10.4. The molecule has 1 aromatic rings. The number of imidazole rings is 1. The predicted molar refractivity (Wildman–Crippen MR) is 96.2 cm³/mol. The quantitative estimate of drug-likeness (QED) is 0.795. The highest BCUT2D eigenvalue weighted by Gasteiger charge is 2.49. The summed E-state index contributed by atoms with van der Waals surface area (Å²) in [6, 6.07) is 0.505. The molecule has 24 heavy (non-hydrogen) atoms. The molecule has 0 amide bonds. The fraction of sp³-hybridized carbons (Fsp3) is 0.857. The van der Waals surface area contributed by atoms with E-state index in [9.17, 15) is 4.79 Å². The summed E-state index contributed by atoms with van der Waals surface area (Å²) in [6.07, 6.45) is 13.3. The Hall–Kier alpha value is -0.990. The van der Waals surface area contributed by atoms with Crippen molar-refractivity contribution in [3.63, 3.8) is 0 Å². The highest BCUT2D eigenvalue weighted by molar-refractivity contribution is 5.10. The van der Waals surface area contributed by atoms with Gasteiger partial charge >= 0.3 is 5.69 Å². The zero-order valence-electron chi connectivity index (χ0n) is 15.3. The Labute approximate surface area is 145 Å². The van der Waals surface area contributed by atoms with Crippen LogP contribution in [0.5, 0.6) is 0 Å². The molecule has 0 aliphatic heterocycles. The summed E-state index contributed by atoms with van der Waals surface area (Å²) >= 11 is 0. The van der Waals surface area contributed by atoms with Gasteiger partial charge in [0.25, 0.3) is 0 Å². The second-order valence-electron chi connectivity index (χ2n) is 9.73. The third-order valence-electron chi connectivity index (χ3n) is 7.79. The largest absolute Gasteiger partial charge is 0.328 e. The minimum Gasteiger partial charge on any atom is -0.296 e. The Morgan fingerprint density at radius 1 is 1.04 bits per heavy atom. The summed E-state index contributed by atoms with van der Waals surface area (Å²) in [5, 5.41) is 0. The number of hydrogen-bond acceptors (Lipinski definition) is 1. The van der Waals surface area contributed by atoms with E-state index in [4.69, 9.17) is 0 Å². The number of hydrogen-bond donors (Lipinski definition) is 0. The predicted octanol–water partition coefficient (Wildman–Crippen LogP) is 4.57. The van der Waals surface area contributed by atoms with Crippen molar-refractivity contribution >= 4 is 0 Å². The Kier molecular flexibility index (Phi) is 3.50. The van der Waals surface area contributed by atoms with Crippen molar-refractivity contribution in [2.24, 2.45) is 29.6 Å². The normalized spacial score (nSPS) is 38.0. The van der Waals surface area contributed by atoms with Gasteiger partial charge in [0.1, 0.15) is 0 Å². The molecule has 5 saturated carbocycles. The van der Waals surface area contributed by atoms with Crippen LogP contribution in [0, 0.1) is 29.6 Å². The lowest BCUT2D eigenvalue weighted by molar-refractivity contribution is -0.0305. The van der Waals surface area contributed by atoms with E-state index in [1.165, 1.54) is 57.1 Å². The van der Waals surface area contributed by atoms with Gasteiger partial charge in [-0.25, -0.2) is 4.79 Å². The fourth-order valence-corrected chi connectivity index (χ4v) is 6.66. The van der Waals surface area contributed by atoms with Gasteiger partial charge in [-0.2, -0.15) is 0 Å². The van der Waals surface area contributed by atoms with Crippen LogP contribution in [0.3, 0.4) is 0 Å². The molecule has 5 aliphatic rings. The molecule has 0 aromatic carbocycles. The average Bonchev–Trinajstić information content (AvgIpc) is 2.79. The molecule has 0 spiro atoms. The molecule has 3 nitrogen and oxygen atoms in total. The van der Waals surface area contributed by atoms with Crippen LogP contribution in [0.2, 0.25) is 0 Å². The molecule has 1 heterocycles. The van der Waals surface area contributed by atoms with Crippen molar-refractivity contribution in [1.29, 1.82) is 0 Å². The van der Waals surface area contributed by atoms with Gasteiger partial charge in [-0.3, -0.25) is 9.13 Å². The van der Waals surface area contributed by atoms with Crippen molar-refractivity contribution < 1.29 is 0 Å². The van der Waals surface area contributed by atoms with E-state index >= 15 is 0 Å². The standard InChI is InChI=1S/C21H32N2O/c1-13(2)19-12-23(21(24)22(19)11-14-4-3-5-14)20-17-7-15-6-16(9-17)10-18(20)8-15/h12-18,20H,3-11H2,1-2H3. The summed E-state index contributed by atoms with van der Waals surface area (Å²) in [5.41, 5.74) is 1.59. The topological polar surface area (TPSA) is 26.9 Å². The maximum atomic E-state index is 13.3. The van der Waals surface area contributed by atoms with Crippen LogP contribution in [-0.4, -0.2) is 9.13 Å². The molecule has 0 saturated heterocycles. The molecule has 0 unspecified atom stereocenters. The maximum Gasteiger partial charge on any atom is 0.328 e. The first-order valence-electron chi connectivity index (χ1n) is 10.4. The molecule has 0 N–H and O–H groups in total. The third kappa shape index (κ3) is 2.26. The Morgan fingerprint density at radius 3 is 2.17 bits per heavy atom. The summed E-state index contributed by atoms with van der Waals surface area (Å²) in [7, 11) is 0. The second-order valence-corrected chi connectivity index (χ2v) is 9.73. The summed E-state index contributed by atoms with van der Waals surface area (Å²) in [4.78, 5) is 13.3. The lowest BCUT2D eigenvalue weighted by Gasteiger charge is -2.54. The van der Waals surface area contributed by atoms with Crippen LogP contribution in [0.15, 0.2) is 11.0 Å². The van der Waals surface area contributed by atoms with Crippen LogP contribution in [0.25, 0.3) is 0 Å². The van der Waals surface area contributed by atoms with Crippen molar-refractivity contribution in [2.75, 3.05) is 0 Å². The van der Waals surface area contributed by atoms with E-state index in [-0.39, 0.29) is 0 Å². The number of nitrogens with zero attached hydrogens (tertiary/aromatic N) is 2. The molecule has 132 valence electrons. The number of rotatable bonds is 4. The smallest absolute Gasteiger partial charge is 0.296 e. The van der Waals surface area contributed by atoms with Crippen molar-refractivity contribution in [2.45, 2.75) is 83.7 Å². The molecule has 6 rings (SSSR count). The van der Waals surface area contributed by atoms with Crippen LogP contribution < -0.4 is 5.69 Å². The molecular formula is C21H32N2O. The van der Waals surface area contributed by atoms with E-state index < -0.39 is 0 Å². The van der Waals surface area contributed by atoms with Gasteiger partial charge in [0.2, 0.25) is 0 Å². The van der Waals surface area contributed by atoms with Gasteiger partial charge in [-0.15, -0.1) is 0 Å². The fourth-order valence-electron chi connectivity index (χ4n) is 6.66. The van der Waals surface area contributed by atoms with Gasteiger partial charge in [0, 0.05) is 24.5 Å². The molecule has 0 radical (unpaired) electrons. The van der Waals surface area contributed by atoms with Gasteiger partial charge < -0.3 is 0 Å². The third-order valence-corrected chi connectivity index (χ3v) is 7.79. The number of aromatic nitrogens is 2. The monoisotopic (exact) mass is 328 g/mol. The lowest BCUT2D eigenvalue weighted by Crippen LogP contribution is -2.48. The molecule has 0 atom stereocenters. The minimum atomic E-state index is 0.308.